The Kier molecular flexibility index (Phi) is 4.19. The molecule has 0 saturated heterocycles. The average molecular weight is 292 g/mol. The first-order chi connectivity index (χ1) is 9.52. The average Bonchev–Trinajstić information content (AvgIpc) is 3.13. The SMILES string of the molecule is CC(C)(C)C1CCC(c2nc(CNC3CC3)cs2)CC1. The maximum atomic E-state index is 4.88. The smallest absolute Gasteiger partial charge is 0.0959 e. The second-order valence-electron chi connectivity index (χ2n) is 7.75. The highest BCUT2D eigenvalue weighted by molar-refractivity contribution is 7.09. The minimum Gasteiger partial charge on any atom is -0.308 e. The van der Waals surface area contributed by atoms with Gasteiger partial charge in [0, 0.05) is 23.9 Å². The molecule has 0 spiro atoms. The van der Waals surface area contributed by atoms with E-state index >= 15 is 0 Å². The summed E-state index contributed by atoms with van der Waals surface area (Å²) in [5.41, 5.74) is 1.74. The number of nitrogens with one attached hydrogen (secondary N) is 1. The first kappa shape index (κ1) is 14.5. The van der Waals surface area contributed by atoms with Crippen LogP contribution in [0.1, 0.15) is 75.9 Å². The lowest BCUT2D eigenvalue weighted by molar-refractivity contribution is 0.169. The molecule has 112 valence electrons. The Hall–Kier alpha value is -0.410. The Morgan fingerprint density at radius 1 is 1.15 bits per heavy atom. The van der Waals surface area contributed by atoms with Crippen molar-refractivity contribution in [1.82, 2.24) is 10.3 Å². The molecule has 0 unspecified atom stereocenters. The molecule has 0 atom stereocenters. The van der Waals surface area contributed by atoms with Gasteiger partial charge in [0.1, 0.15) is 0 Å². The van der Waals surface area contributed by atoms with E-state index in [1.807, 2.05) is 11.3 Å². The van der Waals surface area contributed by atoms with Gasteiger partial charge in [-0.25, -0.2) is 4.98 Å². The van der Waals surface area contributed by atoms with Gasteiger partial charge in [-0.3, -0.25) is 0 Å². The quantitative estimate of drug-likeness (QED) is 0.869. The zero-order valence-corrected chi connectivity index (χ0v) is 13.9. The summed E-state index contributed by atoms with van der Waals surface area (Å²) in [6.07, 6.45) is 8.14. The molecule has 0 radical (unpaired) electrons. The van der Waals surface area contributed by atoms with Crippen LogP contribution in [0.15, 0.2) is 5.38 Å². The van der Waals surface area contributed by atoms with Crippen molar-refractivity contribution >= 4 is 11.3 Å². The molecule has 2 aliphatic rings. The number of nitrogens with zero attached hydrogens (tertiary/aromatic N) is 1. The van der Waals surface area contributed by atoms with Crippen LogP contribution in [-0.4, -0.2) is 11.0 Å². The Morgan fingerprint density at radius 2 is 1.85 bits per heavy atom. The predicted molar refractivity (Wildman–Crippen MR) is 86.1 cm³/mol. The van der Waals surface area contributed by atoms with Gasteiger partial charge in [-0.15, -0.1) is 11.3 Å². The van der Waals surface area contributed by atoms with E-state index in [4.69, 9.17) is 4.98 Å². The summed E-state index contributed by atoms with van der Waals surface area (Å²) >= 11 is 1.89. The van der Waals surface area contributed by atoms with Crippen LogP contribution in [0, 0.1) is 11.3 Å². The zero-order valence-electron chi connectivity index (χ0n) is 13.1. The zero-order chi connectivity index (χ0) is 14.2. The van der Waals surface area contributed by atoms with E-state index in [0.717, 1.165) is 24.4 Å². The summed E-state index contributed by atoms with van der Waals surface area (Å²) in [5, 5.41) is 7.22. The highest BCUT2D eigenvalue weighted by atomic mass is 32.1. The first-order valence-corrected chi connectivity index (χ1v) is 9.08. The van der Waals surface area contributed by atoms with E-state index in [1.165, 1.54) is 49.2 Å². The maximum absolute atomic E-state index is 4.88. The second kappa shape index (κ2) is 5.76. The number of thiazole rings is 1. The molecule has 2 nitrogen and oxygen atoms in total. The van der Waals surface area contributed by atoms with Crippen molar-refractivity contribution < 1.29 is 0 Å². The third-order valence-electron chi connectivity index (χ3n) is 5.02. The molecule has 0 bridgehead atoms. The van der Waals surface area contributed by atoms with Gasteiger partial charge in [-0.05, 0) is 49.9 Å². The van der Waals surface area contributed by atoms with Crippen LogP contribution < -0.4 is 5.32 Å². The molecule has 0 aliphatic heterocycles. The van der Waals surface area contributed by atoms with Crippen LogP contribution in [0.4, 0.5) is 0 Å². The fraction of sp³-hybridized carbons (Fsp3) is 0.824. The molecule has 2 aliphatic carbocycles. The van der Waals surface area contributed by atoms with Gasteiger partial charge in [0.25, 0.3) is 0 Å². The highest BCUT2D eigenvalue weighted by Crippen LogP contribution is 2.43. The van der Waals surface area contributed by atoms with E-state index in [2.05, 4.69) is 31.5 Å². The highest BCUT2D eigenvalue weighted by Gasteiger charge is 2.31. The largest absolute Gasteiger partial charge is 0.308 e. The normalized spacial score (nSPS) is 27.8. The van der Waals surface area contributed by atoms with Gasteiger partial charge in [0.2, 0.25) is 0 Å². The number of hydrogen-bond donors (Lipinski definition) is 1. The van der Waals surface area contributed by atoms with Crippen LogP contribution in [0.2, 0.25) is 0 Å². The van der Waals surface area contributed by atoms with Gasteiger partial charge in [-0.1, -0.05) is 20.8 Å². The summed E-state index contributed by atoms with van der Waals surface area (Å²) in [6, 6.07) is 0.780. The van der Waals surface area contributed by atoms with Crippen molar-refractivity contribution in [2.45, 2.75) is 77.8 Å². The van der Waals surface area contributed by atoms with Crippen LogP contribution in [0.3, 0.4) is 0 Å². The van der Waals surface area contributed by atoms with E-state index in [9.17, 15) is 0 Å². The third-order valence-corrected chi connectivity index (χ3v) is 6.08. The predicted octanol–water partition coefficient (Wildman–Crippen LogP) is 4.72. The summed E-state index contributed by atoms with van der Waals surface area (Å²) in [5.74, 6) is 1.63. The molecule has 0 aromatic carbocycles. The van der Waals surface area contributed by atoms with Crippen molar-refractivity contribution in [3.8, 4) is 0 Å². The topological polar surface area (TPSA) is 24.9 Å². The lowest BCUT2D eigenvalue weighted by Crippen LogP contribution is -2.25. The maximum Gasteiger partial charge on any atom is 0.0959 e. The summed E-state index contributed by atoms with van der Waals surface area (Å²) < 4.78 is 0. The fourth-order valence-corrected chi connectivity index (χ4v) is 4.33. The van der Waals surface area contributed by atoms with Crippen LogP contribution in [0.5, 0.6) is 0 Å². The van der Waals surface area contributed by atoms with E-state index in [0.29, 0.717) is 5.41 Å². The molecule has 0 amide bonds. The standard InChI is InChI=1S/C17H28N2S/c1-17(2,3)13-6-4-12(5-7-13)16-19-15(11-20-16)10-18-14-8-9-14/h11-14,18H,4-10H2,1-3H3. The van der Waals surface area contributed by atoms with Gasteiger partial charge in [0.15, 0.2) is 0 Å². The molecule has 3 rings (SSSR count). The van der Waals surface area contributed by atoms with E-state index in [1.54, 1.807) is 0 Å². The molecule has 1 aromatic heterocycles. The van der Waals surface area contributed by atoms with Crippen LogP contribution in [0.25, 0.3) is 0 Å². The van der Waals surface area contributed by atoms with Gasteiger partial charge < -0.3 is 5.32 Å². The van der Waals surface area contributed by atoms with Gasteiger partial charge in [0.05, 0.1) is 10.7 Å². The summed E-state index contributed by atoms with van der Waals surface area (Å²) in [6.45, 7) is 8.15. The molecule has 1 aromatic rings. The molecular weight excluding hydrogens is 264 g/mol. The minimum atomic E-state index is 0.479. The first-order valence-electron chi connectivity index (χ1n) is 8.20. The molecule has 2 fully saturated rings. The van der Waals surface area contributed by atoms with Crippen molar-refractivity contribution in [2.75, 3.05) is 0 Å². The van der Waals surface area contributed by atoms with Crippen molar-refractivity contribution in [1.29, 1.82) is 0 Å². The summed E-state index contributed by atoms with van der Waals surface area (Å²) in [4.78, 5) is 4.88. The van der Waals surface area contributed by atoms with Crippen LogP contribution in [-0.2, 0) is 6.54 Å². The summed E-state index contributed by atoms with van der Waals surface area (Å²) in [7, 11) is 0. The lowest BCUT2D eigenvalue weighted by Gasteiger charge is -2.36. The van der Waals surface area contributed by atoms with Crippen molar-refractivity contribution in [3.63, 3.8) is 0 Å². The van der Waals surface area contributed by atoms with E-state index < -0.39 is 0 Å². The van der Waals surface area contributed by atoms with Crippen molar-refractivity contribution in [3.05, 3.63) is 16.1 Å². The Labute approximate surface area is 127 Å². The van der Waals surface area contributed by atoms with Crippen molar-refractivity contribution in [2.24, 2.45) is 11.3 Å². The molecule has 1 N–H and O–H groups in total. The molecular formula is C17H28N2S. The molecule has 2 saturated carbocycles. The Morgan fingerprint density at radius 3 is 2.45 bits per heavy atom. The third kappa shape index (κ3) is 3.62. The number of hydrogen-bond acceptors (Lipinski definition) is 3. The molecule has 3 heteroatoms. The Bertz CT molecular complexity index is 434. The van der Waals surface area contributed by atoms with E-state index in [-0.39, 0.29) is 0 Å². The minimum absolute atomic E-state index is 0.479. The second-order valence-corrected chi connectivity index (χ2v) is 8.64. The van der Waals surface area contributed by atoms with Crippen LogP contribution >= 0.6 is 11.3 Å². The molecule has 1 heterocycles. The van der Waals surface area contributed by atoms with Gasteiger partial charge in [-0.2, -0.15) is 0 Å². The lowest BCUT2D eigenvalue weighted by atomic mass is 9.70. The fourth-order valence-electron chi connectivity index (χ4n) is 3.33. The monoisotopic (exact) mass is 292 g/mol. The molecule has 20 heavy (non-hydrogen) atoms. The van der Waals surface area contributed by atoms with Gasteiger partial charge >= 0.3 is 0 Å². The number of aromatic nitrogens is 1. The Balaban J connectivity index is 1.52. The number of rotatable bonds is 4.